The average molecular weight is 482 g/mol. The van der Waals surface area contributed by atoms with E-state index in [1.54, 1.807) is 7.11 Å². The summed E-state index contributed by atoms with van der Waals surface area (Å²) in [5, 5.41) is 13.2. The third-order valence-corrected chi connectivity index (χ3v) is 6.69. The molecule has 1 saturated heterocycles. The predicted octanol–water partition coefficient (Wildman–Crippen LogP) is 2.95. The smallest absolute Gasteiger partial charge is 0.230 e. The maximum atomic E-state index is 12.6. The van der Waals surface area contributed by atoms with Gasteiger partial charge in [-0.2, -0.15) is 0 Å². The molecule has 3 rings (SSSR count). The van der Waals surface area contributed by atoms with Gasteiger partial charge in [0, 0.05) is 56.0 Å². The fourth-order valence-electron chi connectivity index (χ4n) is 3.55. The van der Waals surface area contributed by atoms with E-state index in [0.717, 1.165) is 44.1 Å². The monoisotopic (exact) mass is 481 g/mol. The first-order valence-corrected chi connectivity index (χ1v) is 12.2. The van der Waals surface area contributed by atoms with E-state index in [2.05, 4.69) is 34.3 Å². The Morgan fingerprint density at radius 2 is 1.97 bits per heavy atom. The van der Waals surface area contributed by atoms with Crippen LogP contribution in [0.25, 0.3) is 11.4 Å². The minimum absolute atomic E-state index is 0.0178. The van der Waals surface area contributed by atoms with Gasteiger partial charge >= 0.3 is 0 Å². The zero-order valence-corrected chi connectivity index (χ0v) is 20.5. The van der Waals surface area contributed by atoms with Crippen molar-refractivity contribution in [2.24, 2.45) is 0 Å². The van der Waals surface area contributed by atoms with Crippen LogP contribution in [-0.2, 0) is 20.8 Å². The quantitative estimate of drug-likeness (QED) is 0.390. The first-order valence-electron chi connectivity index (χ1n) is 10.8. The van der Waals surface area contributed by atoms with Crippen molar-refractivity contribution in [1.82, 2.24) is 25.0 Å². The number of nitrogens with zero attached hydrogens (tertiary/aromatic N) is 4. The Bertz CT molecular complexity index is 869. The van der Waals surface area contributed by atoms with E-state index in [-0.39, 0.29) is 17.2 Å². The summed E-state index contributed by atoms with van der Waals surface area (Å²) in [5.41, 5.74) is 0.814. The summed E-state index contributed by atoms with van der Waals surface area (Å²) in [6.45, 7) is 9.47. The highest BCUT2D eigenvalue weighted by Gasteiger charge is 2.28. The maximum absolute atomic E-state index is 12.6. The average Bonchev–Trinajstić information content (AvgIpc) is 3.20. The molecular formula is C22H32ClN5O3S. The van der Waals surface area contributed by atoms with Gasteiger partial charge in [-0.3, -0.25) is 9.69 Å². The fraction of sp³-hybridized carbons (Fsp3) is 0.591. The minimum atomic E-state index is -0.119. The van der Waals surface area contributed by atoms with Crippen LogP contribution in [0.3, 0.4) is 0 Å². The van der Waals surface area contributed by atoms with Crippen molar-refractivity contribution in [1.29, 1.82) is 0 Å². The van der Waals surface area contributed by atoms with E-state index in [1.807, 2.05) is 28.8 Å². The highest BCUT2D eigenvalue weighted by molar-refractivity contribution is 7.99. The van der Waals surface area contributed by atoms with Crippen LogP contribution in [-0.4, -0.2) is 83.4 Å². The molecule has 1 N–H and O–H groups in total. The lowest BCUT2D eigenvalue weighted by Gasteiger charge is -2.40. The number of amides is 1. The van der Waals surface area contributed by atoms with Gasteiger partial charge in [0.25, 0.3) is 0 Å². The highest BCUT2D eigenvalue weighted by atomic mass is 35.5. The van der Waals surface area contributed by atoms with Crippen molar-refractivity contribution in [3.05, 3.63) is 29.3 Å². The summed E-state index contributed by atoms with van der Waals surface area (Å²) < 4.78 is 12.7. The molecule has 0 spiro atoms. The van der Waals surface area contributed by atoms with Crippen LogP contribution in [0.1, 0.15) is 20.3 Å². The fourth-order valence-corrected chi connectivity index (χ4v) is 4.47. The predicted molar refractivity (Wildman–Crippen MR) is 127 cm³/mol. The Morgan fingerprint density at radius 1 is 1.25 bits per heavy atom. The second-order valence-electron chi connectivity index (χ2n) is 8.29. The summed E-state index contributed by atoms with van der Waals surface area (Å²) in [7, 11) is 1.69. The number of aromatic nitrogens is 3. The molecule has 0 aliphatic carbocycles. The molecule has 1 aliphatic heterocycles. The number of morpholine rings is 1. The molecular weight excluding hydrogens is 450 g/mol. The van der Waals surface area contributed by atoms with Crippen LogP contribution in [0.4, 0.5) is 0 Å². The minimum Gasteiger partial charge on any atom is -0.385 e. The van der Waals surface area contributed by atoms with Crippen LogP contribution in [0, 0.1) is 0 Å². The molecule has 0 radical (unpaired) electrons. The molecule has 176 valence electrons. The lowest BCUT2D eigenvalue weighted by molar-refractivity contribution is -0.119. The van der Waals surface area contributed by atoms with Crippen molar-refractivity contribution in [3.63, 3.8) is 0 Å². The van der Waals surface area contributed by atoms with Gasteiger partial charge in [-0.25, -0.2) is 0 Å². The Kier molecular flexibility index (Phi) is 9.36. The molecule has 8 nitrogen and oxygen atoms in total. The molecule has 2 heterocycles. The van der Waals surface area contributed by atoms with Crippen LogP contribution < -0.4 is 5.32 Å². The van der Waals surface area contributed by atoms with Gasteiger partial charge in [-0.15, -0.1) is 10.2 Å². The third kappa shape index (κ3) is 6.92. The molecule has 0 bridgehead atoms. The van der Waals surface area contributed by atoms with E-state index >= 15 is 0 Å². The number of hydrogen-bond donors (Lipinski definition) is 1. The Balaban J connectivity index is 1.60. The number of rotatable bonds is 11. The number of halogens is 1. The van der Waals surface area contributed by atoms with Gasteiger partial charge in [0.2, 0.25) is 5.91 Å². The summed E-state index contributed by atoms with van der Waals surface area (Å²) in [5.74, 6) is 1.02. The van der Waals surface area contributed by atoms with Crippen LogP contribution in [0.5, 0.6) is 0 Å². The van der Waals surface area contributed by atoms with E-state index < -0.39 is 0 Å². The maximum Gasteiger partial charge on any atom is 0.230 e. The van der Waals surface area contributed by atoms with Crippen LogP contribution >= 0.6 is 23.4 Å². The first-order chi connectivity index (χ1) is 15.4. The van der Waals surface area contributed by atoms with Crippen molar-refractivity contribution in [2.75, 3.05) is 52.3 Å². The lowest BCUT2D eigenvalue weighted by Crippen LogP contribution is -2.55. The number of carbonyl (C=O) groups excluding carboxylic acids is 1. The molecule has 0 atom stereocenters. The third-order valence-electron chi connectivity index (χ3n) is 5.47. The Hall–Kier alpha value is -1.65. The van der Waals surface area contributed by atoms with Gasteiger partial charge in [0.1, 0.15) is 0 Å². The molecule has 2 aromatic rings. The van der Waals surface area contributed by atoms with E-state index in [4.69, 9.17) is 21.1 Å². The molecule has 1 amide bonds. The summed E-state index contributed by atoms with van der Waals surface area (Å²) in [6.07, 6.45) is 0.822. The second kappa shape index (κ2) is 12.0. The molecule has 10 heteroatoms. The van der Waals surface area contributed by atoms with Crippen molar-refractivity contribution >= 4 is 29.3 Å². The van der Waals surface area contributed by atoms with Gasteiger partial charge in [0.15, 0.2) is 11.0 Å². The lowest BCUT2D eigenvalue weighted by atomic mass is 10.0. The molecule has 1 aliphatic rings. The number of ether oxygens (including phenoxy) is 2. The second-order valence-corrected chi connectivity index (χ2v) is 9.67. The molecule has 32 heavy (non-hydrogen) atoms. The van der Waals surface area contributed by atoms with E-state index in [1.165, 1.54) is 11.8 Å². The van der Waals surface area contributed by atoms with Gasteiger partial charge in [0.05, 0.1) is 19.0 Å². The Labute approximate surface area is 199 Å². The number of benzene rings is 1. The summed E-state index contributed by atoms with van der Waals surface area (Å²) in [6, 6.07) is 7.52. The zero-order valence-electron chi connectivity index (χ0n) is 19.0. The number of methoxy groups -OCH3 is 1. The summed E-state index contributed by atoms with van der Waals surface area (Å²) >= 11 is 7.42. The standard InChI is InChI=1S/C22H32ClN5O3S/c1-22(2,27-10-13-31-14-11-27)16-24-19(29)15-32-21-26-25-20(28(21)9-4-12-30-3)17-5-7-18(23)8-6-17/h5-8H,4,9-16H2,1-3H3,(H,24,29). The zero-order chi connectivity index (χ0) is 23.0. The molecule has 0 unspecified atom stereocenters. The van der Waals surface area contributed by atoms with Crippen LogP contribution in [0.2, 0.25) is 5.02 Å². The van der Waals surface area contributed by atoms with E-state index in [9.17, 15) is 4.79 Å². The molecule has 1 aromatic heterocycles. The number of thioether (sulfide) groups is 1. The SMILES string of the molecule is COCCCn1c(SCC(=O)NCC(C)(C)N2CCOCC2)nnc1-c1ccc(Cl)cc1. The molecule has 0 saturated carbocycles. The number of nitrogens with one attached hydrogen (secondary N) is 1. The highest BCUT2D eigenvalue weighted by Crippen LogP contribution is 2.25. The normalized spacial score (nSPS) is 15.1. The Morgan fingerprint density at radius 3 is 2.66 bits per heavy atom. The van der Waals surface area contributed by atoms with Crippen molar-refractivity contribution in [3.8, 4) is 11.4 Å². The summed E-state index contributed by atoms with van der Waals surface area (Å²) in [4.78, 5) is 14.9. The first kappa shape index (κ1) is 25.0. The largest absolute Gasteiger partial charge is 0.385 e. The van der Waals surface area contributed by atoms with Gasteiger partial charge in [-0.05, 0) is 44.5 Å². The molecule has 1 aromatic carbocycles. The topological polar surface area (TPSA) is 81.5 Å². The van der Waals surface area contributed by atoms with Crippen molar-refractivity contribution in [2.45, 2.75) is 37.5 Å². The van der Waals surface area contributed by atoms with Crippen LogP contribution in [0.15, 0.2) is 29.4 Å². The van der Waals surface area contributed by atoms with Gasteiger partial charge < -0.3 is 19.4 Å². The number of hydrogen-bond acceptors (Lipinski definition) is 7. The number of carbonyl (C=O) groups is 1. The van der Waals surface area contributed by atoms with E-state index in [0.29, 0.717) is 29.9 Å². The van der Waals surface area contributed by atoms with Crippen molar-refractivity contribution < 1.29 is 14.3 Å². The molecule has 1 fully saturated rings. The van der Waals surface area contributed by atoms with Gasteiger partial charge in [-0.1, -0.05) is 23.4 Å².